The molecule has 3 aromatic rings. The molecule has 0 spiro atoms. The second kappa shape index (κ2) is 5.57. The number of benzene rings is 3. The molecule has 21 heavy (non-hydrogen) atoms. The van der Waals surface area contributed by atoms with Gasteiger partial charge in [0.1, 0.15) is 0 Å². The third-order valence-corrected chi connectivity index (χ3v) is 4.03. The third-order valence-electron chi connectivity index (χ3n) is 4.03. The van der Waals surface area contributed by atoms with Crippen LogP contribution in [0.4, 0.5) is 0 Å². The molecule has 0 aromatic heterocycles. The molecule has 0 N–H and O–H groups in total. The molecule has 0 aliphatic heterocycles. The Morgan fingerprint density at radius 1 is 0.524 bits per heavy atom. The highest BCUT2D eigenvalue weighted by atomic mass is 14.1. The zero-order valence-corrected chi connectivity index (χ0v) is 12.9. The Hall–Kier alpha value is -2.34. The Labute approximate surface area is 127 Å². The fourth-order valence-electron chi connectivity index (χ4n) is 2.77. The van der Waals surface area contributed by atoms with Crippen LogP contribution in [0.25, 0.3) is 22.3 Å². The van der Waals surface area contributed by atoms with E-state index < -0.39 is 0 Å². The molecule has 0 radical (unpaired) electrons. The molecule has 0 saturated heterocycles. The summed E-state index contributed by atoms with van der Waals surface area (Å²) in [6, 6.07) is 24.0. The van der Waals surface area contributed by atoms with Gasteiger partial charge in [-0.1, -0.05) is 66.2 Å². The van der Waals surface area contributed by atoms with Crippen molar-refractivity contribution in [3.8, 4) is 22.3 Å². The Morgan fingerprint density at radius 2 is 1.14 bits per heavy atom. The normalized spacial score (nSPS) is 10.6. The summed E-state index contributed by atoms with van der Waals surface area (Å²) < 4.78 is 0. The highest BCUT2D eigenvalue weighted by molar-refractivity contribution is 5.77. The molecule has 0 aliphatic rings. The number of hydrogen-bond donors (Lipinski definition) is 0. The van der Waals surface area contributed by atoms with E-state index in [0.29, 0.717) is 0 Å². The van der Waals surface area contributed by atoms with Crippen LogP contribution in [0, 0.1) is 20.8 Å². The molecule has 0 atom stereocenters. The van der Waals surface area contributed by atoms with Gasteiger partial charge in [0, 0.05) is 0 Å². The largest absolute Gasteiger partial charge is 0.0622 e. The van der Waals surface area contributed by atoms with Crippen molar-refractivity contribution in [3.63, 3.8) is 0 Å². The highest BCUT2D eigenvalue weighted by Crippen LogP contribution is 2.31. The summed E-state index contributed by atoms with van der Waals surface area (Å²) in [7, 11) is 0. The summed E-state index contributed by atoms with van der Waals surface area (Å²) in [5, 5.41) is 0. The first-order valence-electron chi connectivity index (χ1n) is 7.39. The lowest BCUT2D eigenvalue weighted by molar-refractivity contribution is 1.38. The molecule has 0 bridgehead atoms. The number of hydrogen-bond acceptors (Lipinski definition) is 0. The minimum absolute atomic E-state index is 1.28. The maximum Gasteiger partial charge on any atom is -0.0149 e. The summed E-state index contributed by atoms with van der Waals surface area (Å²) in [6.07, 6.45) is 0. The average Bonchev–Trinajstić information content (AvgIpc) is 2.51. The number of rotatable bonds is 2. The fraction of sp³-hybridized carbons (Fsp3) is 0.143. The second-order valence-corrected chi connectivity index (χ2v) is 5.71. The van der Waals surface area contributed by atoms with Crippen molar-refractivity contribution in [2.75, 3.05) is 0 Å². The molecule has 0 aliphatic carbocycles. The first-order valence-corrected chi connectivity index (χ1v) is 7.39. The Bertz CT molecular complexity index is 767. The van der Waals surface area contributed by atoms with Crippen molar-refractivity contribution in [1.82, 2.24) is 0 Å². The van der Waals surface area contributed by atoms with E-state index in [1.807, 2.05) is 0 Å². The van der Waals surface area contributed by atoms with Crippen LogP contribution in [0.1, 0.15) is 16.7 Å². The zero-order chi connectivity index (χ0) is 14.8. The van der Waals surface area contributed by atoms with Crippen LogP contribution in [0.5, 0.6) is 0 Å². The van der Waals surface area contributed by atoms with Gasteiger partial charge in [0.2, 0.25) is 0 Å². The van der Waals surface area contributed by atoms with Gasteiger partial charge in [0.15, 0.2) is 0 Å². The van der Waals surface area contributed by atoms with Crippen molar-refractivity contribution >= 4 is 0 Å². The first-order chi connectivity index (χ1) is 10.1. The van der Waals surface area contributed by atoms with E-state index in [1.165, 1.54) is 38.9 Å². The molecule has 3 rings (SSSR count). The van der Waals surface area contributed by atoms with Crippen molar-refractivity contribution in [3.05, 3.63) is 83.4 Å². The molecule has 0 amide bonds. The lowest BCUT2D eigenvalue weighted by Gasteiger charge is -2.12. The molecule has 0 heterocycles. The van der Waals surface area contributed by atoms with E-state index in [1.54, 1.807) is 0 Å². The topological polar surface area (TPSA) is 0 Å². The quantitative estimate of drug-likeness (QED) is 0.541. The van der Waals surface area contributed by atoms with E-state index in [0.717, 1.165) is 0 Å². The van der Waals surface area contributed by atoms with Crippen LogP contribution in [0.15, 0.2) is 66.7 Å². The monoisotopic (exact) mass is 272 g/mol. The van der Waals surface area contributed by atoms with E-state index in [-0.39, 0.29) is 0 Å². The summed E-state index contributed by atoms with van der Waals surface area (Å²) in [6.45, 7) is 6.50. The summed E-state index contributed by atoms with van der Waals surface area (Å²) >= 11 is 0. The van der Waals surface area contributed by atoms with Crippen molar-refractivity contribution in [1.29, 1.82) is 0 Å². The molecule has 0 nitrogen and oxygen atoms in total. The van der Waals surface area contributed by atoms with Crippen molar-refractivity contribution in [2.45, 2.75) is 20.8 Å². The van der Waals surface area contributed by atoms with Gasteiger partial charge < -0.3 is 0 Å². The van der Waals surface area contributed by atoms with E-state index >= 15 is 0 Å². The van der Waals surface area contributed by atoms with Gasteiger partial charge in [-0.05, 0) is 60.2 Å². The van der Waals surface area contributed by atoms with E-state index in [4.69, 9.17) is 0 Å². The zero-order valence-electron chi connectivity index (χ0n) is 12.9. The van der Waals surface area contributed by atoms with E-state index in [2.05, 4.69) is 87.5 Å². The molecule has 0 unspecified atom stereocenters. The standard InChI is InChI=1S/C21H20/c1-15-9-10-16(2)20(13-15)19-12-11-17(3)21(14-19)18-7-5-4-6-8-18/h4-14H,1-3H3. The van der Waals surface area contributed by atoms with Crippen molar-refractivity contribution in [2.24, 2.45) is 0 Å². The summed E-state index contributed by atoms with van der Waals surface area (Å²) in [5.74, 6) is 0. The highest BCUT2D eigenvalue weighted by Gasteiger charge is 2.07. The average molecular weight is 272 g/mol. The van der Waals surface area contributed by atoms with Crippen LogP contribution in [-0.2, 0) is 0 Å². The van der Waals surface area contributed by atoms with Gasteiger partial charge in [0.05, 0.1) is 0 Å². The number of aryl methyl sites for hydroxylation is 3. The molecule has 0 fully saturated rings. The SMILES string of the molecule is Cc1ccc(C)c(-c2ccc(C)c(-c3ccccc3)c2)c1. The smallest absolute Gasteiger partial charge is 0.0149 e. The molecular formula is C21H20. The van der Waals surface area contributed by atoms with Crippen LogP contribution >= 0.6 is 0 Å². The molecule has 0 saturated carbocycles. The predicted octanol–water partition coefficient (Wildman–Crippen LogP) is 5.95. The lowest BCUT2D eigenvalue weighted by atomic mass is 9.93. The van der Waals surface area contributed by atoms with Crippen LogP contribution < -0.4 is 0 Å². The summed E-state index contributed by atoms with van der Waals surface area (Å²) in [4.78, 5) is 0. The van der Waals surface area contributed by atoms with Gasteiger partial charge in [-0.3, -0.25) is 0 Å². The van der Waals surface area contributed by atoms with E-state index in [9.17, 15) is 0 Å². The fourth-order valence-corrected chi connectivity index (χ4v) is 2.77. The van der Waals surface area contributed by atoms with Crippen LogP contribution in [0.3, 0.4) is 0 Å². The second-order valence-electron chi connectivity index (χ2n) is 5.71. The molecular weight excluding hydrogens is 252 g/mol. The third kappa shape index (κ3) is 2.75. The van der Waals surface area contributed by atoms with Gasteiger partial charge in [-0.25, -0.2) is 0 Å². The maximum atomic E-state index is 2.31. The molecule has 3 aromatic carbocycles. The predicted molar refractivity (Wildman–Crippen MR) is 91.5 cm³/mol. The van der Waals surface area contributed by atoms with Crippen molar-refractivity contribution < 1.29 is 0 Å². The van der Waals surface area contributed by atoms with Crippen LogP contribution in [0.2, 0.25) is 0 Å². The lowest BCUT2D eigenvalue weighted by Crippen LogP contribution is -1.88. The Morgan fingerprint density at radius 3 is 1.86 bits per heavy atom. The minimum atomic E-state index is 1.28. The van der Waals surface area contributed by atoms with Gasteiger partial charge in [-0.15, -0.1) is 0 Å². The Balaban J connectivity index is 2.16. The maximum absolute atomic E-state index is 2.31. The minimum Gasteiger partial charge on any atom is -0.0622 e. The van der Waals surface area contributed by atoms with Gasteiger partial charge in [-0.2, -0.15) is 0 Å². The first kappa shape index (κ1) is 13.6. The molecule has 0 heteroatoms. The van der Waals surface area contributed by atoms with Gasteiger partial charge >= 0.3 is 0 Å². The molecule has 104 valence electrons. The van der Waals surface area contributed by atoms with Gasteiger partial charge in [0.25, 0.3) is 0 Å². The van der Waals surface area contributed by atoms with Crippen LogP contribution in [-0.4, -0.2) is 0 Å². The Kier molecular flexibility index (Phi) is 3.62. The summed E-state index contributed by atoms with van der Waals surface area (Å²) in [5.41, 5.74) is 9.15.